The summed E-state index contributed by atoms with van der Waals surface area (Å²) < 4.78 is 12.8. The Morgan fingerprint density at radius 2 is 2.33 bits per heavy atom. The smallest absolute Gasteiger partial charge is 0.180 e. The number of aromatic nitrogens is 1. The van der Waals surface area contributed by atoms with E-state index in [0.29, 0.717) is 11.7 Å². The van der Waals surface area contributed by atoms with Crippen molar-refractivity contribution in [2.75, 3.05) is 11.1 Å². The van der Waals surface area contributed by atoms with Crippen LogP contribution < -0.4 is 11.1 Å². The van der Waals surface area contributed by atoms with Gasteiger partial charge in [0.2, 0.25) is 0 Å². The number of nitrogens with zero attached hydrogens (tertiary/aromatic N) is 1. The average molecular weight is 223 g/mol. The molecule has 0 saturated carbocycles. The zero-order valence-electron chi connectivity index (χ0n) is 7.90. The summed E-state index contributed by atoms with van der Waals surface area (Å²) in [6, 6.07) is 6.31. The third-order valence-electron chi connectivity index (χ3n) is 1.87. The van der Waals surface area contributed by atoms with Crippen LogP contribution in [0.25, 0.3) is 0 Å². The summed E-state index contributed by atoms with van der Waals surface area (Å²) in [6.45, 7) is 0.553. The van der Waals surface area contributed by atoms with Gasteiger partial charge in [0.15, 0.2) is 5.13 Å². The molecule has 0 unspecified atom stereocenters. The molecule has 2 rings (SSSR count). The van der Waals surface area contributed by atoms with Gasteiger partial charge in [0.05, 0.1) is 12.2 Å². The van der Waals surface area contributed by atoms with Crippen LogP contribution in [0.1, 0.15) is 5.69 Å². The van der Waals surface area contributed by atoms with Crippen molar-refractivity contribution in [2.24, 2.45) is 0 Å². The van der Waals surface area contributed by atoms with Crippen LogP contribution in [0.15, 0.2) is 29.6 Å². The van der Waals surface area contributed by atoms with Crippen LogP contribution in [-0.4, -0.2) is 4.98 Å². The molecule has 2 aromatic rings. The highest BCUT2D eigenvalue weighted by Gasteiger charge is 1.99. The fraction of sp³-hybridized carbons (Fsp3) is 0.100. The van der Waals surface area contributed by atoms with Crippen molar-refractivity contribution in [1.29, 1.82) is 0 Å². The summed E-state index contributed by atoms with van der Waals surface area (Å²) in [6.07, 6.45) is 0. The zero-order chi connectivity index (χ0) is 10.7. The number of rotatable bonds is 3. The Kier molecular flexibility index (Phi) is 2.82. The lowest BCUT2D eigenvalue weighted by atomic mass is 10.3. The summed E-state index contributed by atoms with van der Waals surface area (Å²) >= 11 is 1.40. The van der Waals surface area contributed by atoms with E-state index >= 15 is 0 Å². The van der Waals surface area contributed by atoms with Gasteiger partial charge in [-0.2, -0.15) is 0 Å². The van der Waals surface area contributed by atoms with Crippen molar-refractivity contribution >= 4 is 22.2 Å². The standard InChI is InChI=1S/C10H10FN3S/c11-7-2-1-3-8(4-7)13-5-9-6-15-10(12)14-9/h1-4,6,13H,5H2,(H2,12,14). The molecule has 0 atom stereocenters. The second kappa shape index (κ2) is 4.27. The minimum absolute atomic E-state index is 0.252. The van der Waals surface area contributed by atoms with Gasteiger partial charge in [-0.25, -0.2) is 9.37 Å². The minimum Gasteiger partial charge on any atom is -0.379 e. The first-order chi connectivity index (χ1) is 7.24. The Hall–Kier alpha value is -1.62. The van der Waals surface area contributed by atoms with E-state index in [4.69, 9.17) is 5.73 Å². The normalized spacial score (nSPS) is 10.2. The van der Waals surface area contributed by atoms with Crippen molar-refractivity contribution in [3.8, 4) is 0 Å². The Labute approximate surface area is 90.8 Å². The van der Waals surface area contributed by atoms with Crippen LogP contribution in [0.4, 0.5) is 15.2 Å². The molecule has 0 saturated heterocycles. The molecule has 3 N–H and O–H groups in total. The fourth-order valence-corrected chi connectivity index (χ4v) is 1.76. The molecule has 1 heterocycles. The first kappa shape index (κ1) is 9.92. The lowest BCUT2D eigenvalue weighted by Gasteiger charge is -2.03. The van der Waals surface area contributed by atoms with Crippen molar-refractivity contribution in [1.82, 2.24) is 4.98 Å². The van der Waals surface area contributed by atoms with Gasteiger partial charge in [0.25, 0.3) is 0 Å². The van der Waals surface area contributed by atoms with Gasteiger partial charge in [-0.15, -0.1) is 11.3 Å². The summed E-state index contributed by atoms with van der Waals surface area (Å²) in [5, 5.41) is 5.49. The van der Waals surface area contributed by atoms with Gasteiger partial charge in [0.1, 0.15) is 5.82 Å². The molecule has 0 amide bonds. The van der Waals surface area contributed by atoms with Crippen molar-refractivity contribution in [2.45, 2.75) is 6.54 Å². The average Bonchev–Trinajstić information content (AvgIpc) is 2.62. The van der Waals surface area contributed by atoms with Crippen LogP contribution >= 0.6 is 11.3 Å². The van der Waals surface area contributed by atoms with Crippen molar-refractivity contribution < 1.29 is 4.39 Å². The van der Waals surface area contributed by atoms with E-state index in [9.17, 15) is 4.39 Å². The second-order valence-corrected chi connectivity index (χ2v) is 3.93. The monoisotopic (exact) mass is 223 g/mol. The molecule has 5 heteroatoms. The molecule has 1 aromatic carbocycles. The fourth-order valence-electron chi connectivity index (χ4n) is 1.19. The molecule has 0 spiro atoms. The maximum absolute atomic E-state index is 12.8. The minimum atomic E-state index is -0.252. The predicted molar refractivity (Wildman–Crippen MR) is 60.3 cm³/mol. The van der Waals surface area contributed by atoms with Gasteiger partial charge < -0.3 is 11.1 Å². The number of hydrogen-bond donors (Lipinski definition) is 2. The highest BCUT2D eigenvalue weighted by atomic mass is 32.1. The second-order valence-electron chi connectivity index (χ2n) is 3.04. The van der Waals surface area contributed by atoms with Crippen molar-refractivity contribution in [3.63, 3.8) is 0 Å². The Bertz CT molecular complexity index is 455. The molecule has 15 heavy (non-hydrogen) atoms. The molecule has 0 aliphatic carbocycles. The van der Waals surface area contributed by atoms with E-state index < -0.39 is 0 Å². The third kappa shape index (κ3) is 2.66. The number of benzene rings is 1. The van der Waals surface area contributed by atoms with Crippen LogP contribution in [0, 0.1) is 5.82 Å². The van der Waals surface area contributed by atoms with Crippen LogP contribution in [0.3, 0.4) is 0 Å². The number of halogens is 1. The summed E-state index contributed by atoms with van der Waals surface area (Å²) in [4.78, 5) is 4.09. The van der Waals surface area contributed by atoms with E-state index in [1.54, 1.807) is 12.1 Å². The predicted octanol–water partition coefficient (Wildman–Crippen LogP) is 2.48. The van der Waals surface area contributed by atoms with Gasteiger partial charge in [-0.05, 0) is 18.2 Å². The van der Waals surface area contributed by atoms with E-state index in [0.717, 1.165) is 11.4 Å². The Morgan fingerprint density at radius 1 is 1.47 bits per heavy atom. The highest BCUT2D eigenvalue weighted by Crippen LogP contribution is 2.14. The van der Waals surface area contributed by atoms with E-state index in [1.807, 2.05) is 5.38 Å². The maximum atomic E-state index is 12.8. The van der Waals surface area contributed by atoms with Gasteiger partial charge >= 0.3 is 0 Å². The van der Waals surface area contributed by atoms with Crippen LogP contribution in [-0.2, 0) is 6.54 Å². The highest BCUT2D eigenvalue weighted by molar-refractivity contribution is 7.13. The van der Waals surface area contributed by atoms with E-state index in [1.165, 1.54) is 23.5 Å². The number of nitrogens with two attached hydrogens (primary N) is 1. The topological polar surface area (TPSA) is 50.9 Å². The maximum Gasteiger partial charge on any atom is 0.180 e. The van der Waals surface area contributed by atoms with Gasteiger partial charge in [0, 0.05) is 11.1 Å². The number of anilines is 2. The summed E-state index contributed by atoms with van der Waals surface area (Å²) in [7, 11) is 0. The first-order valence-electron chi connectivity index (χ1n) is 4.43. The number of hydrogen-bond acceptors (Lipinski definition) is 4. The quantitative estimate of drug-likeness (QED) is 0.840. The molecule has 0 aliphatic heterocycles. The molecule has 0 fully saturated rings. The Balaban J connectivity index is 1.99. The molecule has 0 radical (unpaired) electrons. The van der Waals surface area contributed by atoms with E-state index in [-0.39, 0.29) is 5.82 Å². The molecule has 3 nitrogen and oxygen atoms in total. The molecular formula is C10H10FN3S. The Morgan fingerprint density at radius 3 is 3.00 bits per heavy atom. The first-order valence-corrected chi connectivity index (χ1v) is 5.31. The lowest BCUT2D eigenvalue weighted by Crippen LogP contribution is -2.00. The van der Waals surface area contributed by atoms with Crippen LogP contribution in [0.5, 0.6) is 0 Å². The van der Waals surface area contributed by atoms with Crippen LogP contribution in [0.2, 0.25) is 0 Å². The molecule has 0 bridgehead atoms. The van der Waals surface area contributed by atoms with Gasteiger partial charge in [-0.1, -0.05) is 6.07 Å². The SMILES string of the molecule is Nc1nc(CNc2cccc(F)c2)cs1. The largest absolute Gasteiger partial charge is 0.379 e. The zero-order valence-corrected chi connectivity index (χ0v) is 8.72. The summed E-state index contributed by atoms with van der Waals surface area (Å²) in [5.74, 6) is -0.252. The third-order valence-corrected chi connectivity index (χ3v) is 2.59. The number of thiazole rings is 1. The summed E-state index contributed by atoms with van der Waals surface area (Å²) in [5.41, 5.74) is 7.09. The molecular weight excluding hydrogens is 213 g/mol. The lowest BCUT2D eigenvalue weighted by molar-refractivity contribution is 0.628. The van der Waals surface area contributed by atoms with E-state index in [2.05, 4.69) is 10.3 Å². The molecule has 78 valence electrons. The van der Waals surface area contributed by atoms with Gasteiger partial charge in [-0.3, -0.25) is 0 Å². The van der Waals surface area contributed by atoms with Crippen molar-refractivity contribution in [3.05, 3.63) is 41.2 Å². The number of nitrogen functional groups attached to an aromatic ring is 1. The molecule has 0 aliphatic rings. The number of nitrogens with one attached hydrogen (secondary N) is 1. The molecule has 1 aromatic heterocycles.